The lowest BCUT2D eigenvalue weighted by Crippen LogP contribution is -2.30. The Hall–Kier alpha value is -3.24. The number of fused-ring (bicyclic) bond motifs is 2. The first-order valence-corrected chi connectivity index (χ1v) is 9.86. The number of nitrogens with one attached hydrogen (secondary N) is 1. The lowest BCUT2D eigenvalue weighted by molar-refractivity contribution is -0.123. The molecule has 1 N–H and O–H groups in total. The van der Waals surface area contributed by atoms with Crippen LogP contribution in [0.4, 0.5) is 5.00 Å². The van der Waals surface area contributed by atoms with Gasteiger partial charge >= 0.3 is 5.97 Å². The third-order valence-corrected chi connectivity index (χ3v) is 5.63. The molecule has 4 rings (SSSR count). The Morgan fingerprint density at radius 3 is 2.93 bits per heavy atom. The first-order chi connectivity index (χ1) is 13.6. The van der Waals surface area contributed by atoms with Crippen LogP contribution in [0.3, 0.4) is 0 Å². The summed E-state index contributed by atoms with van der Waals surface area (Å²) in [5, 5.41) is 14.6. The van der Waals surface area contributed by atoms with Crippen LogP contribution < -0.4 is 5.32 Å². The second kappa shape index (κ2) is 7.41. The van der Waals surface area contributed by atoms with Crippen molar-refractivity contribution in [3.63, 3.8) is 0 Å². The molecule has 0 aliphatic heterocycles. The summed E-state index contributed by atoms with van der Waals surface area (Å²) in [6, 6.07) is 11.1. The average molecular weight is 391 g/mol. The van der Waals surface area contributed by atoms with Crippen molar-refractivity contribution >= 4 is 39.1 Å². The first kappa shape index (κ1) is 18.1. The molecule has 28 heavy (non-hydrogen) atoms. The van der Waals surface area contributed by atoms with Crippen LogP contribution in [0.1, 0.15) is 40.5 Å². The van der Waals surface area contributed by atoms with Gasteiger partial charge in [0.25, 0.3) is 5.91 Å². The number of para-hydroxylation sites is 1. The minimum Gasteiger partial charge on any atom is -0.449 e. The Morgan fingerprint density at radius 2 is 2.11 bits per heavy atom. The van der Waals surface area contributed by atoms with Gasteiger partial charge < -0.3 is 10.1 Å². The first-order valence-electron chi connectivity index (χ1n) is 8.98. The number of ether oxygens (including phenoxy) is 1. The van der Waals surface area contributed by atoms with Crippen LogP contribution >= 0.6 is 11.3 Å². The number of anilines is 1. The smallest absolute Gasteiger partial charge is 0.339 e. The summed E-state index contributed by atoms with van der Waals surface area (Å²) in [6.45, 7) is 1.52. The van der Waals surface area contributed by atoms with E-state index in [0.717, 1.165) is 41.4 Å². The Labute approximate surface area is 165 Å². The molecule has 2 aromatic heterocycles. The molecule has 1 atom stereocenters. The van der Waals surface area contributed by atoms with Crippen molar-refractivity contribution in [3.8, 4) is 6.07 Å². The van der Waals surface area contributed by atoms with Crippen LogP contribution in [-0.4, -0.2) is 23.0 Å². The fraction of sp³-hybridized carbons (Fsp3) is 0.238. The van der Waals surface area contributed by atoms with Crippen LogP contribution in [0.5, 0.6) is 0 Å². The highest BCUT2D eigenvalue weighted by atomic mass is 32.1. The van der Waals surface area contributed by atoms with Crippen molar-refractivity contribution in [2.75, 3.05) is 5.32 Å². The summed E-state index contributed by atoms with van der Waals surface area (Å²) in [5.41, 5.74) is 3.49. The van der Waals surface area contributed by atoms with Gasteiger partial charge in [-0.1, -0.05) is 18.2 Å². The topological polar surface area (TPSA) is 92.1 Å². The Morgan fingerprint density at radius 1 is 1.29 bits per heavy atom. The van der Waals surface area contributed by atoms with Crippen LogP contribution in [0.15, 0.2) is 35.7 Å². The molecule has 3 aromatic rings. The van der Waals surface area contributed by atoms with Crippen molar-refractivity contribution < 1.29 is 14.3 Å². The van der Waals surface area contributed by atoms with Gasteiger partial charge in [0.15, 0.2) is 6.10 Å². The lowest BCUT2D eigenvalue weighted by atomic mass is 10.0. The molecule has 6 nitrogen and oxygen atoms in total. The Balaban J connectivity index is 1.59. The molecule has 0 saturated carbocycles. The van der Waals surface area contributed by atoms with Gasteiger partial charge in [0.05, 0.1) is 16.6 Å². The summed E-state index contributed by atoms with van der Waals surface area (Å²) < 4.78 is 5.50. The van der Waals surface area contributed by atoms with E-state index < -0.39 is 18.0 Å². The van der Waals surface area contributed by atoms with Crippen molar-refractivity contribution in [2.24, 2.45) is 0 Å². The third kappa shape index (κ3) is 3.23. The number of pyridine rings is 1. The molecule has 140 valence electrons. The third-order valence-electron chi connectivity index (χ3n) is 4.80. The van der Waals surface area contributed by atoms with Gasteiger partial charge in [-0.3, -0.25) is 9.78 Å². The van der Waals surface area contributed by atoms with E-state index >= 15 is 0 Å². The van der Waals surface area contributed by atoms with Crippen LogP contribution in [0, 0.1) is 11.3 Å². The monoisotopic (exact) mass is 391 g/mol. The van der Waals surface area contributed by atoms with Crippen molar-refractivity contribution in [3.05, 3.63) is 58.1 Å². The lowest BCUT2D eigenvalue weighted by Gasteiger charge is -2.16. The van der Waals surface area contributed by atoms with Gasteiger partial charge in [0.2, 0.25) is 0 Å². The number of nitriles is 1. The highest BCUT2D eigenvalue weighted by Crippen LogP contribution is 2.31. The van der Waals surface area contributed by atoms with Crippen molar-refractivity contribution in [1.29, 1.82) is 5.26 Å². The second-order valence-corrected chi connectivity index (χ2v) is 7.51. The Kier molecular flexibility index (Phi) is 4.80. The summed E-state index contributed by atoms with van der Waals surface area (Å²) in [7, 11) is 0. The van der Waals surface area contributed by atoms with Gasteiger partial charge in [-0.2, -0.15) is 5.26 Å². The van der Waals surface area contributed by atoms with Gasteiger partial charge in [-0.25, -0.2) is 4.79 Å². The fourth-order valence-corrected chi connectivity index (χ4v) is 4.17. The maximum Gasteiger partial charge on any atom is 0.339 e. The van der Waals surface area contributed by atoms with E-state index in [4.69, 9.17) is 10.00 Å². The zero-order chi connectivity index (χ0) is 19.7. The molecule has 0 unspecified atom stereocenters. The normalized spacial score (nSPS) is 13.6. The number of benzene rings is 1. The molecule has 0 bridgehead atoms. The molecular weight excluding hydrogens is 374 g/mol. The maximum absolute atomic E-state index is 13.0. The number of esters is 1. The molecular formula is C21H17N3O3S. The molecule has 0 radical (unpaired) electrons. The van der Waals surface area contributed by atoms with Crippen molar-refractivity contribution in [1.82, 2.24) is 4.98 Å². The summed E-state index contributed by atoms with van der Waals surface area (Å²) >= 11 is 1.25. The van der Waals surface area contributed by atoms with Gasteiger partial charge in [-0.05, 0) is 49.3 Å². The molecule has 0 fully saturated rings. The quantitative estimate of drug-likeness (QED) is 0.682. The SMILES string of the molecule is C[C@H](OC(=O)c1c2c(nc3ccccc13)CCC2)C(=O)Nc1sccc1C#N. The summed E-state index contributed by atoms with van der Waals surface area (Å²) in [4.78, 5) is 30.1. The number of hydrogen-bond donors (Lipinski definition) is 1. The number of rotatable bonds is 4. The van der Waals surface area contributed by atoms with Gasteiger partial charge in [0, 0.05) is 11.1 Å². The molecule has 0 saturated heterocycles. The highest BCUT2D eigenvalue weighted by molar-refractivity contribution is 7.14. The number of nitrogens with zero attached hydrogens (tertiary/aromatic N) is 2. The van der Waals surface area contributed by atoms with E-state index in [-0.39, 0.29) is 0 Å². The van der Waals surface area contributed by atoms with E-state index in [0.29, 0.717) is 16.1 Å². The molecule has 1 amide bonds. The predicted molar refractivity (Wildman–Crippen MR) is 106 cm³/mol. The van der Waals surface area contributed by atoms with Crippen LogP contribution in [0.25, 0.3) is 10.9 Å². The number of carbonyl (C=O) groups excluding carboxylic acids is 2. The van der Waals surface area contributed by atoms with E-state index in [1.807, 2.05) is 30.3 Å². The number of amides is 1. The fourth-order valence-electron chi connectivity index (χ4n) is 3.42. The van der Waals surface area contributed by atoms with E-state index in [1.165, 1.54) is 18.3 Å². The zero-order valence-electron chi connectivity index (χ0n) is 15.2. The number of aryl methyl sites for hydroxylation is 1. The van der Waals surface area contributed by atoms with E-state index in [2.05, 4.69) is 10.3 Å². The molecule has 0 spiro atoms. The molecule has 1 aliphatic carbocycles. The van der Waals surface area contributed by atoms with Crippen LogP contribution in [-0.2, 0) is 22.4 Å². The standard InChI is InChI=1S/C21H17N3O3S/c1-12(19(25)24-20-13(11-22)9-10-28-20)27-21(26)18-14-5-2-3-7-16(14)23-17-8-4-6-15(17)18/h2-3,5,7,9-10,12H,4,6,8H2,1H3,(H,24,25)/t12-/m0/s1. The minimum absolute atomic E-state index is 0.384. The van der Waals surface area contributed by atoms with E-state index in [1.54, 1.807) is 11.4 Å². The molecule has 1 aliphatic rings. The predicted octanol–water partition coefficient (Wildman–Crippen LogP) is 3.84. The molecule has 7 heteroatoms. The van der Waals surface area contributed by atoms with Gasteiger partial charge in [0.1, 0.15) is 11.1 Å². The van der Waals surface area contributed by atoms with Crippen molar-refractivity contribution in [2.45, 2.75) is 32.3 Å². The maximum atomic E-state index is 13.0. The largest absolute Gasteiger partial charge is 0.449 e. The minimum atomic E-state index is -0.995. The number of hydrogen-bond acceptors (Lipinski definition) is 6. The summed E-state index contributed by atoms with van der Waals surface area (Å²) in [5.74, 6) is -0.992. The number of aromatic nitrogens is 1. The molecule has 2 heterocycles. The highest BCUT2D eigenvalue weighted by Gasteiger charge is 2.27. The second-order valence-electron chi connectivity index (χ2n) is 6.59. The zero-order valence-corrected chi connectivity index (χ0v) is 16.0. The van der Waals surface area contributed by atoms with E-state index in [9.17, 15) is 9.59 Å². The summed E-state index contributed by atoms with van der Waals surface area (Å²) in [6.07, 6.45) is 1.57. The number of carbonyl (C=O) groups is 2. The molecule has 1 aromatic carbocycles. The van der Waals surface area contributed by atoms with Gasteiger partial charge in [-0.15, -0.1) is 11.3 Å². The average Bonchev–Trinajstić information content (AvgIpc) is 3.34. The Bertz CT molecular complexity index is 1130. The van der Waals surface area contributed by atoms with Crippen LogP contribution in [0.2, 0.25) is 0 Å². The number of thiophene rings is 1.